The van der Waals surface area contributed by atoms with Crippen LogP contribution in [0, 0.1) is 13.8 Å². The van der Waals surface area contributed by atoms with Crippen LogP contribution in [-0.2, 0) is 11.8 Å². The van der Waals surface area contributed by atoms with Crippen molar-refractivity contribution < 1.29 is 0 Å². The summed E-state index contributed by atoms with van der Waals surface area (Å²) in [5.41, 5.74) is 14.1. The largest absolute Gasteiger partial charge is 0.0724 e. The third kappa shape index (κ3) is 1.76. The monoisotopic (exact) mass is 358 g/mol. The minimum atomic E-state index is -0.215. The van der Waals surface area contributed by atoms with Crippen LogP contribution < -0.4 is 0 Å². The second-order valence-electron chi connectivity index (χ2n) is 8.24. The number of fused-ring (bicyclic) bond motifs is 9. The lowest BCUT2D eigenvalue weighted by molar-refractivity contribution is 0.712. The highest BCUT2D eigenvalue weighted by Gasteiger charge is 2.50. The van der Waals surface area contributed by atoms with Gasteiger partial charge in [-0.2, -0.15) is 0 Å². The van der Waals surface area contributed by atoms with Crippen LogP contribution in [0.4, 0.5) is 0 Å². The summed E-state index contributed by atoms with van der Waals surface area (Å²) in [5, 5.41) is 0. The molecule has 0 radical (unpaired) electrons. The van der Waals surface area contributed by atoms with E-state index in [2.05, 4.69) is 98.8 Å². The van der Waals surface area contributed by atoms with E-state index in [1.54, 1.807) is 0 Å². The van der Waals surface area contributed by atoms with Gasteiger partial charge in [-0.15, -0.1) is 0 Å². The minimum absolute atomic E-state index is 0.215. The van der Waals surface area contributed by atoms with Crippen molar-refractivity contribution in [1.29, 1.82) is 0 Å². The first kappa shape index (κ1) is 15.9. The van der Waals surface area contributed by atoms with Crippen LogP contribution in [0.1, 0.15) is 44.5 Å². The molecule has 0 nitrogen and oxygen atoms in total. The van der Waals surface area contributed by atoms with Gasteiger partial charge in [0, 0.05) is 0 Å². The Hall–Kier alpha value is -3.12. The molecule has 1 spiro atoms. The summed E-state index contributed by atoms with van der Waals surface area (Å²) in [6.07, 6.45) is 1.01. The summed E-state index contributed by atoms with van der Waals surface area (Å²) in [4.78, 5) is 0. The van der Waals surface area contributed by atoms with E-state index >= 15 is 0 Å². The standard InChI is InChI=1S/C28H22/c1-18-9-7-13-22-23-14-8-10-19(2)27(23)28(26(18)22)24-15-5-3-11-20(24)17-21-12-4-6-16-25(21)28/h3-16H,17H2,1-2H3. The Morgan fingerprint density at radius 3 is 1.50 bits per heavy atom. The lowest BCUT2D eigenvalue weighted by atomic mass is 9.60. The third-order valence-corrected chi connectivity index (χ3v) is 6.81. The van der Waals surface area contributed by atoms with Gasteiger partial charge in [-0.3, -0.25) is 0 Å². The Bertz CT molecular complexity index is 1160. The molecule has 2 aliphatic carbocycles. The average Bonchev–Trinajstić information content (AvgIpc) is 3.02. The zero-order chi connectivity index (χ0) is 18.9. The topological polar surface area (TPSA) is 0 Å². The molecule has 134 valence electrons. The van der Waals surface area contributed by atoms with Crippen LogP contribution in [-0.4, -0.2) is 0 Å². The van der Waals surface area contributed by atoms with Crippen LogP contribution in [0.5, 0.6) is 0 Å². The molecule has 0 saturated heterocycles. The van der Waals surface area contributed by atoms with Crippen LogP contribution in [0.2, 0.25) is 0 Å². The highest BCUT2D eigenvalue weighted by Crippen LogP contribution is 2.60. The van der Waals surface area contributed by atoms with E-state index < -0.39 is 0 Å². The maximum absolute atomic E-state index is 2.36. The lowest BCUT2D eigenvalue weighted by Gasteiger charge is -2.41. The zero-order valence-corrected chi connectivity index (χ0v) is 16.3. The molecule has 0 N–H and O–H groups in total. The molecule has 6 rings (SSSR count). The summed E-state index contributed by atoms with van der Waals surface area (Å²) in [5.74, 6) is 0. The van der Waals surface area contributed by atoms with Crippen molar-refractivity contribution in [2.75, 3.05) is 0 Å². The number of hydrogen-bond acceptors (Lipinski definition) is 0. The van der Waals surface area contributed by atoms with E-state index in [4.69, 9.17) is 0 Å². The van der Waals surface area contributed by atoms with Crippen molar-refractivity contribution >= 4 is 0 Å². The van der Waals surface area contributed by atoms with Gasteiger partial charge in [0.1, 0.15) is 0 Å². The van der Waals surface area contributed by atoms with Gasteiger partial charge in [0.25, 0.3) is 0 Å². The SMILES string of the molecule is Cc1cccc2c1C1(c3ccccc3Cc3ccccc31)c1c(C)cccc1-2. The molecule has 0 unspecified atom stereocenters. The third-order valence-electron chi connectivity index (χ3n) is 6.81. The first-order chi connectivity index (χ1) is 13.7. The molecular weight excluding hydrogens is 336 g/mol. The highest BCUT2D eigenvalue weighted by atomic mass is 14.5. The molecule has 0 fully saturated rings. The molecule has 4 aromatic rings. The molecular formula is C28H22. The van der Waals surface area contributed by atoms with Crippen molar-refractivity contribution in [3.63, 3.8) is 0 Å². The van der Waals surface area contributed by atoms with Crippen LogP contribution in [0.15, 0.2) is 84.9 Å². The molecule has 2 aliphatic rings. The van der Waals surface area contributed by atoms with Crippen molar-refractivity contribution in [3.8, 4) is 11.1 Å². The van der Waals surface area contributed by atoms with E-state index in [1.807, 2.05) is 0 Å². The van der Waals surface area contributed by atoms with Gasteiger partial charge < -0.3 is 0 Å². The summed E-state index contributed by atoms with van der Waals surface area (Å²) >= 11 is 0. The molecule has 0 saturated carbocycles. The van der Waals surface area contributed by atoms with Gasteiger partial charge >= 0.3 is 0 Å². The lowest BCUT2D eigenvalue weighted by Crippen LogP contribution is -2.35. The first-order valence-corrected chi connectivity index (χ1v) is 10.1. The van der Waals surface area contributed by atoms with Crippen LogP contribution >= 0.6 is 0 Å². The first-order valence-electron chi connectivity index (χ1n) is 10.1. The molecule has 4 aromatic carbocycles. The van der Waals surface area contributed by atoms with Crippen molar-refractivity contribution in [2.45, 2.75) is 25.7 Å². The second-order valence-corrected chi connectivity index (χ2v) is 8.24. The van der Waals surface area contributed by atoms with Gasteiger partial charge in [-0.25, -0.2) is 0 Å². The quantitative estimate of drug-likeness (QED) is 0.288. The van der Waals surface area contributed by atoms with Gasteiger partial charge in [0.15, 0.2) is 0 Å². The normalized spacial score (nSPS) is 14.9. The second kappa shape index (κ2) is 5.45. The molecule has 0 atom stereocenters. The summed E-state index contributed by atoms with van der Waals surface area (Å²) in [7, 11) is 0. The molecule has 0 aliphatic heterocycles. The van der Waals surface area contributed by atoms with Crippen molar-refractivity contribution in [1.82, 2.24) is 0 Å². The fourth-order valence-electron chi connectivity index (χ4n) is 5.87. The number of benzene rings is 4. The minimum Gasteiger partial charge on any atom is -0.0620 e. The fourth-order valence-corrected chi connectivity index (χ4v) is 5.87. The van der Waals surface area contributed by atoms with Gasteiger partial charge in [-0.05, 0) is 75.9 Å². The number of aryl methyl sites for hydroxylation is 2. The fraction of sp³-hybridized carbons (Fsp3) is 0.143. The Morgan fingerprint density at radius 1 is 0.536 bits per heavy atom. The van der Waals surface area contributed by atoms with E-state index in [-0.39, 0.29) is 5.41 Å². The molecule has 0 aromatic heterocycles. The maximum atomic E-state index is 2.36. The van der Waals surface area contributed by atoms with E-state index in [0.717, 1.165) is 6.42 Å². The Morgan fingerprint density at radius 2 is 1.00 bits per heavy atom. The summed E-state index contributed by atoms with van der Waals surface area (Å²) < 4.78 is 0. The maximum Gasteiger partial charge on any atom is 0.0724 e. The Balaban J connectivity index is 1.91. The molecule has 28 heavy (non-hydrogen) atoms. The van der Waals surface area contributed by atoms with Gasteiger partial charge in [0.2, 0.25) is 0 Å². The zero-order valence-electron chi connectivity index (χ0n) is 16.3. The van der Waals surface area contributed by atoms with E-state index in [9.17, 15) is 0 Å². The van der Waals surface area contributed by atoms with E-state index in [0.29, 0.717) is 0 Å². The van der Waals surface area contributed by atoms with Crippen LogP contribution in [0.25, 0.3) is 11.1 Å². The van der Waals surface area contributed by atoms with Crippen LogP contribution in [0.3, 0.4) is 0 Å². The molecule has 0 amide bonds. The van der Waals surface area contributed by atoms with Gasteiger partial charge in [-0.1, -0.05) is 84.9 Å². The number of hydrogen-bond donors (Lipinski definition) is 0. The Kier molecular flexibility index (Phi) is 3.09. The molecule has 0 heterocycles. The average molecular weight is 358 g/mol. The van der Waals surface area contributed by atoms with E-state index in [1.165, 1.54) is 55.6 Å². The smallest absolute Gasteiger partial charge is 0.0620 e. The molecule has 0 heteroatoms. The number of rotatable bonds is 0. The molecule has 0 bridgehead atoms. The summed E-state index contributed by atoms with van der Waals surface area (Å²) in [6, 6.07) is 31.8. The van der Waals surface area contributed by atoms with Crippen molar-refractivity contribution in [2.24, 2.45) is 0 Å². The predicted octanol–water partition coefficient (Wildman–Crippen LogP) is 6.57. The Labute approximate surface area is 166 Å². The summed E-state index contributed by atoms with van der Waals surface area (Å²) in [6.45, 7) is 4.56. The van der Waals surface area contributed by atoms with Gasteiger partial charge in [0.05, 0.1) is 5.41 Å². The highest BCUT2D eigenvalue weighted by molar-refractivity contribution is 5.89. The predicted molar refractivity (Wildman–Crippen MR) is 116 cm³/mol. The van der Waals surface area contributed by atoms with Crippen molar-refractivity contribution in [3.05, 3.63) is 129 Å².